The molecular weight excluding hydrogens is 288 g/mol. The Bertz CT molecular complexity index is 760. The lowest BCUT2D eigenvalue weighted by atomic mass is 9.95. The first-order valence-corrected chi connectivity index (χ1v) is 7.81. The van der Waals surface area contributed by atoms with E-state index in [0.717, 1.165) is 28.9 Å². The van der Waals surface area contributed by atoms with Crippen molar-refractivity contribution in [1.82, 2.24) is 0 Å². The molecule has 1 unspecified atom stereocenters. The third-order valence-electron chi connectivity index (χ3n) is 4.34. The Labute approximate surface area is 136 Å². The van der Waals surface area contributed by atoms with Gasteiger partial charge in [-0.3, -0.25) is 0 Å². The van der Waals surface area contributed by atoms with Crippen molar-refractivity contribution in [2.45, 2.75) is 32.8 Å². The van der Waals surface area contributed by atoms with Gasteiger partial charge in [-0.25, -0.2) is 4.79 Å². The van der Waals surface area contributed by atoms with Crippen molar-refractivity contribution in [2.75, 3.05) is 0 Å². The predicted octanol–water partition coefficient (Wildman–Crippen LogP) is 4.17. The number of aliphatic carboxylic acids is 1. The molecule has 1 atom stereocenters. The van der Waals surface area contributed by atoms with Crippen LogP contribution in [0.4, 0.5) is 0 Å². The minimum absolute atomic E-state index is 0.330. The molecule has 0 bridgehead atoms. The van der Waals surface area contributed by atoms with Gasteiger partial charge in [0.05, 0.1) is 5.57 Å². The Morgan fingerprint density at radius 2 is 1.83 bits per heavy atom. The number of rotatable bonds is 4. The minimum Gasteiger partial charge on any atom is -0.485 e. The fourth-order valence-corrected chi connectivity index (χ4v) is 2.86. The zero-order valence-corrected chi connectivity index (χ0v) is 13.4. The molecule has 3 rings (SSSR count). The van der Waals surface area contributed by atoms with Crippen LogP contribution in [0.2, 0.25) is 0 Å². The van der Waals surface area contributed by atoms with Gasteiger partial charge in [0.15, 0.2) is 0 Å². The van der Waals surface area contributed by atoms with Crippen LogP contribution in [0.25, 0.3) is 6.08 Å². The van der Waals surface area contributed by atoms with Gasteiger partial charge < -0.3 is 9.84 Å². The van der Waals surface area contributed by atoms with Crippen molar-refractivity contribution in [3.8, 4) is 5.75 Å². The fourth-order valence-electron chi connectivity index (χ4n) is 2.86. The van der Waals surface area contributed by atoms with Crippen LogP contribution in [-0.2, 0) is 11.2 Å². The molecule has 3 heteroatoms. The fraction of sp³-hybridized carbons (Fsp3) is 0.250. The highest BCUT2D eigenvalue weighted by atomic mass is 16.5. The van der Waals surface area contributed by atoms with E-state index in [0.29, 0.717) is 12.0 Å². The van der Waals surface area contributed by atoms with Gasteiger partial charge in [0, 0.05) is 5.56 Å². The van der Waals surface area contributed by atoms with E-state index in [9.17, 15) is 9.90 Å². The first-order chi connectivity index (χ1) is 11.0. The summed E-state index contributed by atoms with van der Waals surface area (Å²) >= 11 is 0. The van der Waals surface area contributed by atoms with Gasteiger partial charge in [-0.2, -0.15) is 0 Å². The van der Waals surface area contributed by atoms with Crippen LogP contribution in [0.15, 0.2) is 48.0 Å². The highest BCUT2D eigenvalue weighted by molar-refractivity contribution is 5.94. The van der Waals surface area contributed by atoms with Crippen LogP contribution >= 0.6 is 0 Å². The molecular formula is C20H20O3. The van der Waals surface area contributed by atoms with Gasteiger partial charge in [0.25, 0.3) is 0 Å². The maximum absolute atomic E-state index is 11.6. The van der Waals surface area contributed by atoms with Crippen molar-refractivity contribution < 1.29 is 14.6 Å². The van der Waals surface area contributed by atoms with Crippen molar-refractivity contribution in [2.24, 2.45) is 0 Å². The Hall–Kier alpha value is -2.55. The van der Waals surface area contributed by atoms with Crippen LogP contribution in [0.5, 0.6) is 5.75 Å². The lowest BCUT2D eigenvalue weighted by Crippen LogP contribution is -2.28. The van der Waals surface area contributed by atoms with Crippen molar-refractivity contribution in [1.29, 1.82) is 0 Å². The molecule has 0 radical (unpaired) electrons. The SMILES string of the molecule is Cc1cc2c(cc1C)OC(CCc1ccccc1)C(C(=O)O)=C2. The van der Waals surface area contributed by atoms with Gasteiger partial charge in [-0.05, 0) is 61.6 Å². The van der Waals surface area contributed by atoms with E-state index in [-0.39, 0.29) is 0 Å². The molecule has 0 saturated carbocycles. The van der Waals surface area contributed by atoms with Gasteiger partial charge in [0.2, 0.25) is 0 Å². The van der Waals surface area contributed by atoms with E-state index in [1.54, 1.807) is 6.08 Å². The van der Waals surface area contributed by atoms with E-state index < -0.39 is 12.1 Å². The molecule has 1 aliphatic rings. The molecule has 0 amide bonds. The second-order valence-electron chi connectivity index (χ2n) is 6.01. The highest BCUT2D eigenvalue weighted by Gasteiger charge is 2.27. The monoisotopic (exact) mass is 308 g/mol. The number of benzene rings is 2. The van der Waals surface area contributed by atoms with Crippen molar-refractivity contribution >= 4 is 12.0 Å². The predicted molar refractivity (Wildman–Crippen MR) is 90.7 cm³/mol. The maximum Gasteiger partial charge on any atom is 0.335 e. The third kappa shape index (κ3) is 3.29. The second kappa shape index (κ2) is 6.29. The topological polar surface area (TPSA) is 46.5 Å². The molecule has 0 aliphatic carbocycles. The van der Waals surface area contributed by atoms with Crippen LogP contribution in [0.1, 0.15) is 28.7 Å². The third-order valence-corrected chi connectivity index (χ3v) is 4.34. The minimum atomic E-state index is -0.910. The number of hydrogen-bond acceptors (Lipinski definition) is 2. The van der Waals surface area contributed by atoms with Crippen LogP contribution in [0, 0.1) is 13.8 Å². The number of hydrogen-bond donors (Lipinski definition) is 1. The summed E-state index contributed by atoms with van der Waals surface area (Å²) in [5.74, 6) is -0.136. The average molecular weight is 308 g/mol. The summed E-state index contributed by atoms with van der Waals surface area (Å²) in [5, 5.41) is 9.51. The quantitative estimate of drug-likeness (QED) is 0.922. The molecule has 118 valence electrons. The zero-order valence-electron chi connectivity index (χ0n) is 13.4. The van der Waals surface area contributed by atoms with Crippen molar-refractivity contribution in [3.63, 3.8) is 0 Å². The number of carboxylic acid groups (broad SMARTS) is 1. The van der Waals surface area contributed by atoms with E-state index in [4.69, 9.17) is 4.74 Å². The first kappa shape index (κ1) is 15.3. The molecule has 1 heterocycles. The summed E-state index contributed by atoms with van der Waals surface area (Å²) in [6.07, 6.45) is 2.77. The van der Waals surface area contributed by atoms with Crippen LogP contribution in [-0.4, -0.2) is 17.2 Å². The standard InChI is InChI=1S/C20H20O3/c1-13-10-16-12-17(20(21)22)18(23-19(16)11-14(13)2)9-8-15-6-4-3-5-7-15/h3-7,10-12,18H,8-9H2,1-2H3,(H,21,22). The molecule has 1 N–H and O–H groups in total. The summed E-state index contributed by atoms with van der Waals surface area (Å²) in [6.45, 7) is 4.06. The number of ether oxygens (including phenoxy) is 1. The van der Waals surface area contributed by atoms with E-state index >= 15 is 0 Å². The summed E-state index contributed by atoms with van der Waals surface area (Å²) in [6, 6.07) is 14.0. The lowest BCUT2D eigenvalue weighted by molar-refractivity contribution is -0.133. The van der Waals surface area contributed by atoms with E-state index in [2.05, 4.69) is 12.1 Å². The second-order valence-corrected chi connectivity index (χ2v) is 6.01. The first-order valence-electron chi connectivity index (χ1n) is 7.81. The Morgan fingerprint density at radius 3 is 2.52 bits per heavy atom. The molecule has 0 saturated heterocycles. The number of carbonyl (C=O) groups is 1. The molecule has 2 aromatic rings. The van der Waals surface area contributed by atoms with E-state index in [1.165, 1.54) is 5.56 Å². The number of aryl methyl sites for hydroxylation is 3. The maximum atomic E-state index is 11.6. The molecule has 2 aromatic carbocycles. The number of carboxylic acids is 1. The molecule has 23 heavy (non-hydrogen) atoms. The molecule has 0 fully saturated rings. The summed E-state index contributed by atoms with van der Waals surface area (Å²) in [7, 11) is 0. The lowest BCUT2D eigenvalue weighted by Gasteiger charge is -2.26. The summed E-state index contributed by atoms with van der Waals surface area (Å²) in [5.41, 5.74) is 4.65. The average Bonchev–Trinajstić information content (AvgIpc) is 2.54. The van der Waals surface area contributed by atoms with Gasteiger partial charge in [-0.1, -0.05) is 30.3 Å². The van der Waals surface area contributed by atoms with Gasteiger partial charge >= 0.3 is 5.97 Å². The summed E-state index contributed by atoms with van der Waals surface area (Å²) < 4.78 is 6.01. The van der Waals surface area contributed by atoms with E-state index in [1.807, 2.05) is 44.2 Å². The molecule has 0 aromatic heterocycles. The largest absolute Gasteiger partial charge is 0.485 e. The Morgan fingerprint density at radius 1 is 1.13 bits per heavy atom. The number of fused-ring (bicyclic) bond motifs is 1. The van der Waals surface area contributed by atoms with Gasteiger partial charge in [-0.15, -0.1) is 0 Å². The molecule has 3 nitrogen and oxygen atoms in total. The zero-order chi connectivity index (χ0) is 16.4. The van der Waals surface area contributed by atoms with Crippen LogP contribution < -0.4 is 4.74 Å². The van der Waals surface area contributed by atoms with Crippen LogP contribution in [0.3, 0.4) is 0 Å². The Kier molecular flexibility index (Phi) is 4.20. The molecule has 0 spiro atoms. The van der Waals surface area contributed by atoms with Gasteiger partial charge in [0.1, 0.15) is 11.9 Å². The Balaban J connectivity index is 1.86. The van der Waals surface area contributed by atoms with Crippen molar-refractivity contribution in [3.05, 3.63) is 70.3 Å². The highest BCUT2D eigenvalue weighted by Crippen LogP contribution is 2.33. The smallest absolute Gasteiger partial charge is 0.335 e. The summed E-state index contributed by atoms with van der Waals surface area (Å²) in [4.78, 5) is 11.6. The normalized spacial score (nSPS) is 16.3. The molecule has 1 aliphatic heterocycles.